The lowest BCUT2D eigenvalue weighted by Gasteiger charge is -2.18. The lowest BCUT2D eigenvalue weighted by atomic mass is 10.2. The number of aryl methyl sites for hydroxylation is 2. The molecule has 0 aliphatic heterocycles. The number of rotatable bonds is 9. The maximum absolute atomic E-state index is 12.9. The first-order chi connectivity index (χ1) is 15.8. The number of hydrogen-bond donors (Lipinski definition) is 0. The van der Waals surface area contributed by atoms with Crippen molar-refractivity contribution in [1.82, 2.24) is 13.9 Å². The highest BCUT2D eigenvalue weighted by Gasteiger charge is 2.23. The van der Waals surface area contributed by atoms with Gasteiger partial charge in [-0.1, -0.05) is 19.9 Å². The predicted octanol–water partition coefficient (Wildman–Crippen LogP) is 3.55. The van der Waals surface area contributed by atoms with E-state index >= 15 is 0 Å². The second kappa shape index (κ2) is 10.1. The molecule has 2 aromatic carbocycles. The minimum atomic E-state index is -3.58. The van der Waals surface area contributed by atoms with E-state index in [1.54, 1.807) is 49.5 Å². The number of fused-ring (bicyclic) bond motifs is 1. The maximum atomic E-state index is 12.9. The molecule has 0 saturated carbocycles. The summed E-state index contributed by atoms with van der Waals surface area (Å²) >= 11 is 0. The number of nitriles is 1. The molecule has 0 bridgehead atoms. The zero-order valence-electron chi connectivity index (χ0n) is 19.4. The molecule has 3 rings (SSSR count). The predicted molar refractivity (Wildman–Crippen MR) is 128 cm³/mol. The van der Waals surface area contributed by atoms with Crippen LogP contribution in [0.2, 0.25) is 0 Å². The summed E-state index contributed by atoms with van der Waals surface area (Å²) in [6, 6.07) is 14.0. The number of benzene rings is 2. The summed E-state index contributed by atoms with van der Waals surface area (Å²) in [5, 5.41) is 9.08. The number of sulfonamides is 1. The van der Waals surface area contributed by atoms with Gasteiger partial charge in [-0.25, -0.2) is 13.4 Å². The quantitative estimate of drug-likeness (QED) is 0.479. The van der Waals surface area contributed by atoms with Crippen molar-refractivity contribution >= 4 is 32.7 Å². The lowest BCUT2D eigenvalue weighted by Crippen LogP contribution is -2.30. The first-order valence-electron chi connectivity index (χ1n) is 11.0. The van der Waals surface area contributed by atoms with Gasteiger partial charge in [-0.2, -0.15) is 9.57 Å². The summed E-state index contributed by atoms with van der Waals surface area (Å²) in [7, 11) is -1.89. The van der Waals surface area contributed by atoms with Gasteiger partial charge in [0.25, 0.3) is 0 Å². The van der Waals surface area contributed by atoms with Crippen LogP contribution in [0.4, 0.5) is 5.69 Å². The van der Waals surface area contributed by atoms with E-state index in [4.69, 9.17) is 5.26 Å². The Bertz CT molecular complexity index is 1300. The van der Waals surface area contributed by atoms with Gasteiger partial charge in [-0.15, -0.1) is 0 Å². The van der Waals surface area contributed by atoms with Gasteiger partial charge in [0.2, 0.25) is 15.9 Å². The van der Waals surface area contributed by atoms with Gasteiger partial charge >= 0.3 is 0 Å². The van der Waals surface area contributed by atoms with Gasteiger partial charge in [0.05, 0.1) is 27.6 Å². The Labute approximate surface area is 195 Å². The highest BCUT2D eigenvalue weighted by molar-refractivity contribution is 7.89. The first kappa shape index (κ1) is 24.4. The molecule has 0 aliphatic rings. The average Bonchev–Trinajstić information content (AvgIpc) is 3.19. The van der Waals surface area contributed by atoms with Crippen LogP contribution in [0.5, 0.6) is 0 Å². The van der Waals surface area contributed by atoms with E-state index in [2.05, 4.69) is 11.1 Å². The van der Waals surface area contributed by atoms with Crippen LogP contribution in [-0.4, -0.2) is 48.3 Å². The normalized spacial score (nSPS) is 11.6. The Morgan fingerprint density at radius 2 is 1.85 bits per heavy atom. The largest absolute Gasteiger partial charge is 0.328 e. The van der Waals surface area contributed by atoms with Gasteiger partial charge in [0.1, 0.15) is 5.82 Å². The Hall–Kier alpha value is -3.22. The second-order valence-electron chi connectivity index (χ2n) is 7.63. The molecule has 8 nitrogen and oxygen atoms in total. The fraction of sp³-hybridized carbons (Fsp3) is 0.375. The summed E-state index contributed by atoms with van der Waals surface area (Å²) in [5.74, 6) is 0.641. The zero-order chi connectivity index (χ0) is 24.2. The smallest absolute Gasteiger partial charge is 0.243 e. The summed E-state index contributed by atoms with van der Waals surface area (Å²) in [6.07, 6.45) is 0.656. The summed E-state index contributed by atoms with van der Waals surface area (Å²) in [6.45, 7) is 7.08. The van der Waals surface area contributed by atoms with E-state index in [1.807, 2.05) is 25.3 Å². The Kier molecular flexibility index (Phi) is 7.51. The molecule has 174 valence electrons. The van der Waals surface area contributed by atoms with Crippen molar-refractivity contribution in [2.75, 3.05) is 25.0 Å². The molecular formula is C24H29N5O3S. The summed E-state index contributed by atoms with van der Waals surface area (Å²) < 4.78 is 29.2. The standard InChI is InChI=1S/C24H29N5O3S/c1-5-28(6-2)33(31,32)20-11-12-22-21(16-20)26-23(29(22)7-3)13-14-24(30)27(4)19-10-8-9-18(15-19)17-25/h8-12,15-16H,5-7,13-14H2,1-4H3. The number of imidazole rings is 1. The molecule has 0 radical (unpaired) electrons. The van der Waals surface area contributed by atoms with E-state index in [9.17, 15) is 13.2 Å². The van der Waals surface area contributed by atoms with Gasteiger partial charge in [-0.3, -0.25) is 4.79 Å². The molecule has 3 aromatic rings. The van der Waals surface area contributed by atoms with Crippen molar-refractivity contribution in [1.29, 1.82) is 5.26 Å². The number of carbonyl (C=O) groups is 1. The van der Waals surface area contributed by atoms with E-state index in [0.29, 0.717) is 42.8 Å². The van der Waals surface area contributed by atoms with E-state index in [1.165, 1.54) is 9.21 Å². The van der Waals surface area contributed by atoms with Crippen molar-refractivity contribution in [3.63, 3.8) is 0 Å². The van der Waals surface area contributed by atoms with Crippen LogP contribution < -0.4 is 4.90 Å². The number of amides is 1. The maximum Gasteiger partial charge on any atom is 0.243 e. The second-order valence-corrected chi connectivity index (χ2v) is 9.56. The Balaban J connectivity index is 1.84. The summed E-state index contributed by atoms with van der Waals surface area (Å²) in [4.78, 5) is 19.2. The highest BCUT2D eigenvalue weighted by Crippen LogP contribution is 2.24. The van der Waals surface area contributed by atoms with Crippen LogP contribution in [0.25, 0.3) is 11.0 Å². The van der Waals surface area contributed by atoms with Crippen molar-refractivity contribution in [2.24, 2.45) is 0 Å². The van der Waals surface area contributed by atoms with Crippen LogP contribution in [-0.2, 0) is 27.8 Å². The number of anilines is 1. The molecule has 0 N–H and O–H groups in total. The minimum Gasteiger partial charge on any atom is -0.328 e. The van der Waals surface area contributed by atoms with E-state index in [0.717, 1.165) is 11.3 Å². The lowest BCUT2D eigenvalue weighted by molar-refractivity contribution is -0.118. The molecule has 33 heavy (non-hydrogen) atoms. The third-order valence-corrected chi connectivity index (χ3v) is 7.80. The van der Waals surface area contributed by atoms with Gasteiger partial charge in [0, 0.05) is 45.2 Å². The van der Waals surface area contributed by atoms with Crippen molar-refractivity contribution < 1.29 is 13.2 Å². The molecular weight excluding hydrogens is 438 g/mol. The zero-order valence-corrected chi connectivity index (χ0v) is 20.3. The molecule has 1 amide bonds. The van der Waals surface area contributed by atoms with Crippen LogP contribution in [0.15, 0.2) is 47.4 Å². The SMILES string of the molecule is CCN(CC)S(=O)(=O)c1ccc2c(c1)nc(CCC(=O)N(C)c1cccc(C#N)c1)n2CC. The Morgan fingerprint density at radius 1 is 1.12 bits per heavy atom. The molecule has 0 spiro atoms. The van der Waals surface area contributed by atoms with Gasteiger partial charge in [-0.05, 0) is 43.3 Å². The van der Waals surface area contributed by atoms with Crippen molar-refractivity contribution in [3.05, 3.63) is 53.9 Å². The van der Waals surface area contributed by atoms with Crippen LogP contribution in [0.1, 0.15) is 38.6 Å². The van der Waals surface area contributed by atoms with Gasteiger partial charge < -0.3 is 9.47 Å². The molecule has 1 aromatic heterocycles. The van der Waals surface area contributed by atoms with Crippen LogP contribution >= 0.6 is 0 Å². The molecule has 9 heteroatoms. The molecule has 1 heterocycles. The molecule has 0 unspecified atom stereocenters. The first-order valence-corrected chi connectivity index (χ1v) is 12.5. The molecule has 0 saturated heterocycles. The third-order valence-electron chi connectivity index (χ3n) is 5.76. The van der Waals surface area contributed by atoms with Crippen LogP contribution in [0, 0.1) is 11.3 Å². The summed E-state index contributed by atoms with van der Waals surface area (Å²) in [5.41, 5.74) is 2.60. The monoisotopic (exact) mass is 467 g/mol. The van der Waals surface area contributed by atoms with Crippen molar-refractivity contribution in [3.8, 4) is 6.07 Å². The third kappa shape index (κ3) is 4.92. The number of carbonyl (C=O) groups excluding carboxylic acids is 1. The van der Waals surface area contributed by atoms with E-state index in [-0.39, 0.29) is 17.2 Å². The minimum absolute atomic E-state index is 0.0930. The fourth-order valence-corrected chi connectivity index (χ4v) is 5.37. The van der Waals surface area contributed by atoms with Gasteiger partial charge in [0.15, 0.2) is 0 Å². The number of aromatic nitrogens is 2. The highest BCUT2D eigenvalue weighted by atomic mass is 32.2. The van der Waals surface area contributed by atoms with Crippen LogP contribution in [0.3, 0.4) is 0 Å². The fourth-order valence-electron chi connectivity index (χ4n) is 3.89. The average molecular weight is 468 g/mol. The Morgan fingerprint density at radius 3 is 2.48 bits per heavy atom. The molecule has 0 atom stereocenters. The van der Waals surface area contributed by atoms with E-state index < -0.39 is 10.0 Å². The number of hydrogen-bond acceptors (Lipinski definition) is 5. The number of nitrogens with zero attached hydrogens (tertiary/aromatic N) is 5. The molecule has 0 aliphatic carbocycles. The topological polar surface area (TPSA) is 99.3 Å². The van der Waals surface area contributed by atoms with Crippen molar-refractivity contribution in [2.45, 2.75) is 45.1 Å². The molecule has 0 fully saturated rings.